The Kier molecular flexibility index (Phi) is 7.59. The number of esters is 1. The van der Waals surface area contributed by atoms with Crippen LogP contribution in [0.2, 0.25) is 0 Å². The van der Waals surface area contributed by atoms with E-state index >= 15 is 0 Å². The molecule has 0 spiro atoms. The third-order valence-corrected chi connectivity index (χ3v) is 4.65. The number of hydrogen-bond donors (Lipinski definition) is 1. The lowest BCUT2D eigenvalue weighted by atomic mass is 9.99. The van der Waals surface area contributed by atoms with Crippen molar-refractivity contribution in [3.63, 3.8) is 0 Å². The van der Waals surface area contributed by atoms with Crippen LogP contribution < -0.4 is 14.9 Å². The molecule has 0 bridgehead atoms. The molecule has 0 fully saturated rings. The molecule has 0 saturated heterocycles. The maximum atomic E-state index is 11.9. The van der Waals surface area contributed by atoms with E-state index in [0.717, 1.165) is 12.0 Å². The predicted molar refractivity (Wildman–Crippen MR) is 116 cm³/mol. The Hall–Kier alpha value is -3.87. The Morgan fingerprint density at radius 1 is 1.06 bits per heavy atom. The number of nitrogens with one attached hydrogen (secondary N) is 1. The number of hydrogen-bond acceptors (Lipinski definition) is 6. The third-order valence-electron chi connectivity index (χ3n) is 4.65. The molecule has 1 amide bonds. The molecule has 3 rings (SSSR count). The van der Waals surface area contributed by atoms with Gasteiger partial charge in [0.15, 0.2) is 6.61 Å². The highest BCUT2D eigenvalue weighted by atomic mass is 16.5. The van der Waals surface area contributed by atoms with Gasteiger partial charge in [0, 0.05) is 0 Å². The summed E-state index contributed by atoms with van der Waals surface area (Å²) in [5, 5.41) is 3.91. The highest BCUT2D eigenvalue weighted by Crippen LogP contribution is 2.21. The van der Waals surface area contributed by atoms with Crippen molar-refractivity contribution in [2.24, 2.45) is 5.10 Å². The molecule has 0 aliphatic carbocycles. The first-order valence-corrected chi connectivity index (χ1v) is 9.95. The van der Waals surface area contributed by atoms with Gasteiger partial charge in [-0.3, -0.25) is 4.79 Å². The summed E-state index contributed by atoms with van der Waals surface area (Å²) >= 11 is 0. The van der Waals surface area contributed by atoms with Crippen molar-refractivity contribution < 1.29 is 23.5 Å². The second-order valence-electron chi connectivity index (χ2n) is 6.90. The van der Waals surface area contributed by atoms with Crippen molar-refractivity contribution in [1.29, 1.82) is 0 Å². The maximum absolute atomic E-state index is 11.9. The lowest BCUT2D eigenvalue weighted by molar-refractivity contribution is -0.123. The van der Waals surface area contributed by atoms with Gasteiger partial charge in [-0.25, -0.2) is 10.2 Å². The van der Waals surface area contributed by atoms with Crippen LogP contribution in [0.25, 0.3) is 0 Å². The van der Waals surface area contributed by atoms with Gasteiger partial charge >= 0.3 is 5.97 Å². The number of furan rings is 1. The van der Waals surface area contributed by atoms with Crippen LogP contribution in [0.1, 0.15) is 47.9 Å². The molecule has 0 aliphatic rings. The van der Waals surface area contributed by atoms with Gasteiger partial charge < -0.3 is 13.9 Å². The van der Waals surface area contributed by atoms with Gasteiger partial charge in [0.25, 0.3) is 5.91 Å². The van der Waals surface area contributed by atoms with Crippen LogP contribution >= 0.6 is 0 Å². The number of ether oxygens (including phenoxy) is 2. The fraction of sp³-hybridized carbons (Fsp3) is 0.208. The minimum Gasteiger partial charge on any atom is -0.484 e. The molecule has 1 atom stereocenters. The van der Waals surface area contributed by atoms with E-state index in [1.807, 2.05) is 24.3 Å². The molecule has 1 heterocycles. The molecule has 1 aromatic heterocycles. The Labute approximate surface area is 180 Å². The predicted octanol–water partition coefficient (Wildman–Crippen LogP) is 4.54. The number of rotatable bonds is 9. The average Bonchev–Trinajstić information content (AvgIpc) is 3.34. The van der Waals surface area contributed by atoms with Gasteiger partial charge in [-0.05, 0) is 72.0 Å². The lowest BCUT2D eigenvalue weighted by Gasteiger charge is -2.10. The van der Waals surface area contributed by atoms with Crippen molar-refractivity contribution in [3.05, 3.63) is 83.8 Å². The van der Waals surface area contributed by atoms with Crippen LogP contribution in [0.5, 0.6) is 11.5 Å². The fourth-order valence-electron chi connectivity index (χ4n) is 2.66. The molecule has 3 aromatic rings. The summed E-state index contributed by atoms with van der Waals surface area (Å²) in [4.78, 5) is 23.7. The van der Waals surface area contributed by atoms with E-state index in [2.05, 4.69) is 24.4 Å². The van der Waals surface area contributed by atoms with Gasteiger partial charge in [0.1, 0.15) is 11.5 Å². The van der Waals surface area contributed by atoms with E-state index in [1.165, 1.54) is 24.1 Å². The van der Waals surface area contributed by atoms with E-state index in [0.29, 0.717) is 17.4 Å². The van der Waals surface area contributed by atoms with Crippen LogP contribution in [-0.2, 0) is 4.79 Å². The van der Waals surface area contributed by atoms with Crippen molar-refractivity contribution >= 4 is 18.1 Å². The highest BCUT2D eigenvalue weighted by Gasteiger charge is 2.11. The van der Waals surface area contributed by atoms with Crippen molar-refractivity contribution in [2.75, 3.05) is 6.61 Å². The molecule has 0 saturated carbocycles. The summed E-state index contributed by atoms with van der Waals surface area (Å²) < 4.78 is 15.7. The smallest absolute Gasteiger partial charge is 0.379 e. The number of hydrazone groups is 1. The molecule has 2 aromatic carbocycles. The van der Waals surface area contributed by atoms with Crippen LogP contribution in [0, 0.1) is 0 Å². The number of carbonyl (C=O) groups excluding carboxylic acids is 2. The number of amides is 1. The number of nitrogens with zero attached hydrogens (tertiary/aromatic N) is 1. The standard InChI is InChI=1S/C24H24N2O5/c1-3-17(2)19-8-12-20(13-9-19)30-16-23(27)26-25-15-18-6-10-21(11-7-18)31-24(28)22-5-4-14-29-22/h4-15,17H,3,16H2,1-2H3,(H,26,27)/b25-15-/t17-/m0/s1. The van der Waals surface area contributed by atoms with Crippen molar-refractivity contribution in [2.45, 2.75) is 26.2 Å². The van der Waals surface area contributed by atoms with E-state index in [1.54, 1.807) is 30.3 Å². The minimum atomic E-state index is -0.576. The second kappa shape index (κ2) is 10.8. The molecule has 0 radical (unpaired) electrons. The van der Waals surface area contributed by atoms with Gasteiger partial charge in [-0.15, -0.1) is 0 Å². The third kappa shape index (κ3) is 6.57. The highest BCUT2D eigenvalue weighted by molar-refractivity contribution is 5.88. The Morgan fingerprint density at radius 2 is 1.77 bits per heavy atom. The zero-order valence-corrected chi connectivity index (χ0v) is 17.4. The van der Waals surface area contributed by atoms with Crippen LogP contribution in [-0.4, -0.2) is 24.7 Å². The summed E-state index contributed by atoms with van der Waals surface area (Å²) in [5.41, 5.74) is 4.38. The molecule has 7 heteroatoms. The molecule has 0 aliphatic heterocycles. The maximum Gasteiger partial charge on any atom is 0.379 e. The lowest BCUT2D eigenvalue weighted by Crippen LogP contribution is -2.24. The van der Waals surface area contributed by atoms with Crippen molar-refractivity contribution in [1.82, 2.24) is 5.43 Å². The second-order valence-corrected chi connectivity index (χ2v) is 6.90. The van der Waals surface area contributed by atoms with E-state index in [-0.39, 0.29) is 18.3 Å². The number of benzene rings is 2. The summed E-state index contributed by atoms with van der Waals surface area (Å²) in [7, 11) is 0. The fourth-order valence-corrected chi connectivity index (χ4v) is 2.66. The summed E-state index contributed by atoms with van der Waals surface area (Å²) in [5.74, 6) is 0.673. The normalized spacial score (nSPS) is 11.8. The van der Waals surface area contributed by atoms with E-state index < -0.39 is 5.97 Å². The summed E-state index contributed by atoms with van der Waals surface area (Å²) in [6.45, 7) is 4.18. The number of carbonyl (C=O) groups is 2. The molecular formula is C24H24N2O5. The van der Waals surface area contributed by atoms with Crippen LogP contribution in [0.3, 0.4) is 0 Å². The SMILES string of the molecule is CC[C@H](C)c1ccc(OCC(=O)N/N=C\c2ccc(OC(=O)c3ccco3)cc2)cc1. The average molecular weight is 420 g/mol. The first-order chi connectivity index (χ1) is 15.0. The van der Waals surface area contributed by atoms with Crippen LogP contribution in [0.15, 0.2) is 76.4 Å². The molecular weight excluding hydrogens is 396 g/mol. The zero-order chi connectivity index (χ0) is 22.1. The molecule has 7 nitrogen and oxygen atoms in total. The van der Waals surface area contributed by atoms with Gasteiger partial charge in [0.05, 0.1) is 12.5 Å². The minimum absolute atomic E-state index is 0.127. The molecule has 0 unspecified atom stereocenters. The van der Waals surface area contributed by atoms with Crippen molar-refractivity contribution in [3.8, 4) is 11.5 Å². The monoisotopic (exact) mass is 420 g/mol. The van der Waals surface area contributed by atoms with Gasteiger partial charge in [0.2, 0.25) is 5.76 Å². The Balaban J connectivity index is 1.42. The largest absolute Gasteiger partial charge is 0.484 e. The van der Waals surface area contributed by atoms with E-state index in [4.69, 9.17) is 13.9 Å². The van der Waals surface area contributed by atoms with Gasteiger partial charge in [-0.2, -0.15) is 5.10 Å². The first-order valence-electron chi connectivity index (χ1n) is 9.95. The molecule has 160 valence electrons. The Bertz CT molecular complexity index is 1010. The topological polar surface area (TPSA) is 90.1 Å². The molecule has 31 heavy (non-hydrogen) atoms. The first kappa shape index (κ1) is 21.8. The van der Waals surface area contributed by atoms with Gasteiger partial charge in [-0.1, -0.05) is 26.0 Å². The quantitative estimate of drug-likeness (QED) is 0.238. The van der Waals surface area contributed by atoms with Crippen LogP contribution in [0.4, 0.5) is 0 Å². The summed E-state index contributed by atoms with van der Waals surface area (Å²) in [6.07, 6.45) is 3.95. The summed E-state index contributed by atoms with van der Waals surface area (Å²) in [6, 6.07) is 17.5. The molecule has 1 N–H and O–H groups in total. The zero-order valence-electron chi connectivity index (χ0n) is 17.4. The van der Waals surface area contributed by atoms with E-state index in [9.17, 15) is 9.59 Å². The Morgan fingerprint density at radius 3 is 2.42 bits per heavy atom.